The number of rotatable bonds is 2. The number of carboxylic acids is 1. The summed E-state index contributed by atoms with van der Waals surface area (Å²) in [4.78, 5) is 25.0. The fraction of sp³-hybridized carbons (Fsp3) is 0.429. The van der Waals surface area contributed by atoms with Crippen molar-refractivity contribution in [3.8, 4) is 0 Å². The molecule has 1 aliphatic rings. The van der Waals surface area contributed by atoms with Gasteiger partial charge in [0, 0.05) is 24.7 Å². The molecule has 5 nitrogen and oxygen atoms in total. The molecule has 1 aromatic rings. The van der Waals surface area contributed by atoms with Crippen LogP contribution >= 0.6 is 0 Å². The monoisotopic (exact) mass is 262 g/mol. The first-order valence-electron chi connectivity index (χ1n) is 6.46. The number of hydrogen-bond donors (Lipinski definition) is 2. The van der Waals surface area contributed by atoms with Crippen LogP contribution in [0.1, 0.15) is 40.0 Å². The average Bonchev–Trinajstić information content (AvgIpc) is 2.63. The summed E-state index contributed by atoms with van der Waals surface area (Å²) in [5.41, 5.74) is 6.45. The lowest BCUT2D eigenvalue weighted by Gasteiger charge is -2.20. The van der Waals surface area contributed by atoms with Gasteiger partial charge in [0.1, 0.15) is 0 Å². The van der Waals surface area contributed by atoms with Gasteiger partial charge < -0.3 is 15.7 Å². The molecule has 0 spiro atoms. The highest BCUT2D eigenvalue weighted by Crippen LogP contribution is 2.14. The van der Waals surface area contributed by atoms with Gasteiger partial charge in [0.25, 0.3) is 5.91 Å². The van der Waals surface area contributed by atoms with Gasteiger partial charge in [-0.3, -0.25) is 4.79 Å². The van der Waals surface area contributed by atoms with Gasteiger partial charge in [-0.15, -0.1) is 0 Å². The minimum absolute atomic E-state index is 0.114. The number of carboxylic acid groups (broad SMARTS) is 1. The Balaban J connectivity index is 2.14. The molecule has 2 rings (SSSR count). The first-order valence-corrected chi connectivity index (χ1v) is 6.46. The zero-order valence-electron chi connectivity index (χ0n) is 10.7. The van der Waals surface area contributed by atoms with Gasteiger partial charge in [-0.25, -0.2) is 4.79 Å². The number of nitrogens with zero attached hydrogens (tertiary/aromatic N) is 1. The van der Waals surface area contributed by atoms with Crippen molar-refractivity contribution in [1.29, 1.82) is 0 Å². The molecular formula is C14H18N2O3. The summed E-state index contributed by atoms with van der Waals surface area (Å²) in [5.74, 6) is -1.13. The number of aromatic carboxylic acids is 1. The maximum Gasteiger partial charge on any atom is 0.335 e. The molecule has 1 fully saturated rings. The van der Waals surface area contributed by atoms with Crippen LogP contribution in [-0.2, 0) is 0 Å². The molecule has 1 atom stereocenters. The number of likely N-dealkylation sites (tertiary alicyclic amines) is 1. The number of benzene rings is 1. The van der Waals surface area contributed by atoms with Gasteiger partial charge in [-0.05, 0) is 37.5 Å². The van der Waals surface area contributed by atoms with E-state index < -0.39 is 5.97 Å². The molecule has 0 aromatic heterocycles. The first-order chi connectivity index (χ1) is 9.08. The molecule has 5 heteroatoms. The van der Waals surface area contributed by atoms with Crippen molar-refractivity contribution >= 4 is 11.9 Å². The van der Waals surface area contributed by atoms with Crippen LogP contribution in [0.5, 0.6) is 0 Å². The Hall–Kier alpha value is -1.88. The van der Waals surface area contributed by atoms with E-state index in [1.54, 1.807) is 17.0 Å². The van der Waals surface area contributed by atoms with Gasteiger partial charge in [0.15, 0.2) is 0 Å². The summed E-state index contributed by atoms with van der Waals surface area (Å²) < 4.78 is 0. The van der Waals surface area contributed by atoms with Gasteiger partial charge in [-0.1, -0.05) is 6.07 Å². The lowest BCUT2D eigenvalue weighted by atomic mass is 10.1. The Morgan fingerprint density at radius 2 is 1.95 bits per heavy atom. The maximum atomic E-state index is 12.3. The van der Waals surface area contributed by atoms with Gasteiger partial charge in [-0.2, -0.15) is 0 Å². The summed E-state index contributed by atoms with van der Waals surface area (Å²) >= 11 is 0. The van der Waals surface area contributed by atoms with Crippen LogP contribution in [0.15, 0.2) is 24.3 Å². The standard InChI is InChI=1S/C14H18N2O3/c15-12-5-2-7-16(8-6-12)13(17)10-3-1-4-11(9-10)14(18)19/h1,3-4,9,12H,2,5-8,15H2,(H,18,19). The van der Waals surface area contributed by atoms with Crippen molar-refractivity contribution in [1.82, 2.24) is 4.90 Å². The molecule has 1 aromatic carbocycles. The molecule has 1 heterocycles. The highest BCUT2D eigenvalue weighted by atomic mass is 16.4. The Kier molecular flexibility index (Phi) is 4.16. The van der Waals surface area contributed by atoms with E-state index >= 15 is 0 Å². The highest BCUT2D eigenvalue weighted by molar-refractivity contribution is 5.97. The molecular weight excluding hydrogens is 244 g/mol. The third kappa shape index (κ3) is 3.32. The van der Waals surface area contributed by atoms with Crippen LogP contribution in [0.3, 0.4) is 0 Å². The molecule has 1 unspecified atom stereocenters. The predicted octanol–water partition coefficient (Wildman–Crippen LogP) is 1.34. The van der Waals surface area contributed by atoms with Crippen LogP contribution in [0.4, 0.5) is 0 Å². The largest absolute Gasteiger partial charge is 0.478 e. The van der Waals surface area contributed by atoms with E-state index in [1.807, 2.05) is 0 Å². The second-order valence-corrected chi connectivity index (χ2v) is 4.87. The molecule has 0 radical (unpaired) electrons. The zero-order valence-corrected chi connectivity index (χ0v) is 10.7. The minimum atomic E-state index is -1.02. The van der Waals surface area contributed by atoms with E-state index in [1.165, 1.54) is 12.1 Å². The molecule has 1 amide bonds. The lowest BCUT2D eigenvalue weighted by molar-refractivity contribution is 0.0697. The van der Waals surface area contributed by atoms with E-state index in [0.717, 1.165) is 19.3 Å². The van der Waals surface area contributed by atoms with Crippen molar-refractivity contribution < 1.29 is 14.7 Å². The SMILES string of the molecule is NC1CCCN(C(=O)c2cccc(C(=O)O)c2)CC1. The Morgan fingerprint density at radius 1 is 1.21 bits per heavy atom. The Morgan fingerprint density at radius 3 is 2.68 bits per heavy atom. The van der Waals surface area contributed by atoms with Crippen molar-refractivity contribution in [2.24, 2.45) is 5.73 Å². The molecule has 0 saturated carbocycles. The fourth-order valence-electron chi connectivity index (χ4n) is 2.29. The van der Waals surface area contributed by atoms with Crippen molar-refractivity contribution in [3.05, 3.63) is 35.4 Å². The summed E-state index contributed by atoms with van der Waals surface area (Å²) in [6.45, 7) is 1.32. The third-order valence-corrected chi connectivity index (χ3v) is 3.42. The van der Waals surface area contributed by atoms with E-state index in [9.17, 15) is 9.59 Å². The first kappa shape index (κ1) is 13.5. The summed E-state index contributed by atoms with van der Waals surface area (Å²) in [6, 6.07) is 6.32. The van der Waals surface area contributed by atoms with E-state index in [4.69, 9.17) is 10.8 Å². The molecule has 19 heavy (non-hydrogen) atoms. The van der Waals surface area contributed by atoms with E-state index in [0.29, 0.717) is 18.7 Å². The summed E-state index contributed by atoms with van der Waals surface area (Å²) in [7, 11) is 0. The molecule has 0 bridgehead atoms. The smallest absolute Gasteiger partial charge is 0.335 e. The van der Waals surface area contributed by atoms with E-state index in [2.05, 4.69) is 0 Å². The van der Waals surface area contributed by atoms with Crippen molar-refractivity contribution in [3.63, 3.8) is 0 Å². The lowest BCUT2D eigenvalue weighted by Crippen LogP contribution is -2.32. The maximum absolute atomic E-state index is 12.3. The second-order valence-electron chi connectivity index (χ2n) is 4.87. The number of hydrogen-bond acceptors (Lipinski definition) is 3. The van der Waals surface area contributed by atoms with Crippen molar-refractivity contribution in [2.75, 3.05) is 13.1 Å². The predicted molar refractivity (Wildman–Crippen MR) is 71.1 cm³/mol. The van der Waals surface area contributed by atoms with Crippen LogP contribution in [0.25, 0.3) is 0 Å². The van der Waals surface area contributed by atoms with Gasteiger partial charge >= 0.3 is 5.97 Å². The van der Waals surface area contributed by atoms with Gasteiger partial charge in [0.2, 0.25) is 0 Å². The van der Waals surface area contributed by atoms with Crippen LogP contribution < -0.4 is 5.73 Å². The fourth-order valence-corrected chi connectivity index (χ4v) is 2.29. The number of amides is 1. The van der Waals surface area contributed by atoms with Gasteiger partial charge in [0.05, 0.1) is 5.56 Å². The number of nitrogens with two attached hydrogens (primary N) is 1. The minimum Gasteiger partial charge on any atom is -0.478 e. The van der Waals surface area contributed by atoms with Crippen LogP contribution in [0.2, 0.25) is 0 Å². The van der Waals surface area contributed by atoms with Crippen molar-refractivity contribution in [2.45, 2.75) is 25.3 Å². The zero-order chi connectivity index (χ0) is 13.8. The third-order valence-electron chi connectivity index (χ3n) is 3.42. The normalized spacial score (nSPS) is 19.8. The average molecular weight is 262 g/mol. The number of carbonyl (C=O) groups is 2. The molecule has 0 aliphatic carbocycles. The molecule has 3 N–H and O–H groups in total. The Labute approximate surface area is 112 Å². The highest BCUT2D eigenvalue weighted by Gasteiger charge is 2.20. The Bertz CT molecular complexity index is 487. The second kappa shape index (κ2) is 5.84. The summed E-state index contributed by atoms with van der Waals surface area (Å²) in [5, 5.41) is 8.94. The van der Waals surface area contributed by atoms with E-state index in [-0.39, 0.29) is 17.5 Å². The van der Waals surface area contributed by atoms with Crippen LogP contribution in [0, 0.1) is 0 Å². The molecule has 102 valence electrons. The topological polar surface area (TPSA) is 83.6 Å². The molecule has 1 aliphatic heterocycles. The number of carbonyl (C=O) groups excluding carboxylic acids is 1. The van der Waals surface area contributed by atoms with Crippen LogP contribution in [-0.4, -0.2) is 41.0 Å². The summed E-state index contributed by atoms with van der Waals surface area (Å²) in [6.07, 6.45) is 2.62. The molecule has 1 saturated heterocycles. The quantitative estimate of drug-likeness (QED) is 0.842.